The van der Waals surface area contributed by atoms with Crippen molar-refractivity contribution in [3.8, 4) is 0 Å². The van der Waals surface area contributed by atoms with E-state index in [2.05, 4.69) is 39.2 Å². The fraction of sp³-hybridized carbons (Fsp3) is 0.704. The average Bonchev–Trinajstić information content (AvgIpc) is 2.61. The van der Waals surface area contributed by atoms with Crippen molar-refractivity contribution in [1.82, 2.24) is 5.32 Å². The number of nitrogens with one attached hydrogen (secondary N) is 1. The molecule has 0 saturated heterocycles. The Bertz CT molecular complexity index is 879. The van der Waals surface area contributed by atoms with Crippen LogP contribution in [-0.4, -0.2) is 38.1 Å². The predicted molar refractivity (Wildman–Crippen MR) is 145 cm³/mol. The summed E-state index contributed by atoms with van der Waals surface area (Å²) in [7, 11) is -2.28. The van der Waals surface area contributed by atoms with Gasteiger partial charge in [0.1, 0.15) is 11.2 Å². The molecule has 0 aliphatic heterocycles. The number of benzene rings is 1. The van der Waals surface area contributed by atoms with E-state index in [0.29, 0.717) is 5.69 Å². The van der Waals surface area contributed by atoms with Gasteiger partial charge in [0.15, 0.2) is 8.32 Å². The lowest BCUT2D eigenvalue weighted by atomic mass is 9.90. The Kier molecular flexibility index (Phi) is 10.0. The zero-order chi connectivity index (χ0) is 27.4. The summed E-state index contributed by atoms with van der Waals surface area (Å²) in [6.45, 7) is 24.0. The van der Waals surface area contributed by atoms with E-state index in [0.717, 1.165) is 11.1 Å². The highest BCUT2D eigenvalue weighted by Gasteiger charge is 2.42. The lowest BCUT2D eigenvalue weighted by Crippen LogP contribution is -2.45. The molecule has 0 radical (unpaired) electrons. The third-order valence-electron chi connectivity index (χ3n) is 6.02. The van der Waals surface area contributed by atoms with Crippen molar-refractivity contribution in [3.05, 3.63) is 29.3 Å². The molecule has 7 nitrogen and oxygen atoms in total. The molecule has 200 valence electrons. The van der Waals surface area contributed by atoms with E-state index in [1.165, 1.54) is 0 Å². The van der Waals surface area contributed by atoms with Crippen molar-refractivity contribution < 1.29 is 23.5 Å². The average molecular weight is 509 g/mol. The number of nitrogens with two attached hydrogens (primary N) is 1. The number of rotatable bonds is 8. The number of anilines is 1. The van der Waals surface area contributed by atoms with E-state index < -0.39 is 37.6 Å². The molecule has 0 saturated carbocycles. The lowest BCUT2D eigenvalue weighted by Gasteiger charge is -2.42. The molecule has 35 heavy (non-hydrogen) atoms. The first kappa shape index (κ1) is 31.0. The van der Waals surface area contributed by atoms with Gasteiger partial charge in [-0.25, -0.2) is 4.79 Å². The third kappa shape index (κ3) is 10.6. The number of carbonyl (C=O) groups excluding carboxylic acids is 2. The van der Waals surface area contributed by atoms with Gasteiger partial charge in [0, 0.05) is 18.2 Å². The number of ether oxygens (including phenoxy) is 2. The molecule has 2 unspecified atom stereocenters. The second kappa shape index (κ2) is 11.3. The lowest BCUT2D eigenvalue weighted by molar-refractivity contribution is -0.157. The summed E-state index contributed by atoms with van der Waals surface area (Å²) in [5.41, 5.74) is 7.45. The molecule has 0 aliphatic rings. The largest absolute Gasteiger partial charge is 0.460 e. The summed E-state index contributed by atoms with van der Waals surface area (Å²) in [6.07, 6.45) is -0.940. The molecule has 3 N–H and O–H groups in total. The van der Waals surface area contributed by atoms with Crippen LogP contribution in [0.3, 0.4) is 0 Å². The molecule has 0 aromatic heterocycles. The van der Waals surface area contributed by atoms with E-state index in [-0.39, 0.29) is 24.0 Å². The van der Waals surface area contributed by atoms with Gasteiger partial charge in [-0.15, -0.1) is 0 Å². The molecule has 1 amide bonds. The van der Waals surface area contributed by atoms with Gasteiger partial charge in [0.25, 0.3) is 0 Å². The summed E-state index contributed by atoms with van der Waals surface area (Å²) in [4.78, 5) is 25.5. The van der Waals surface area contributed by atoms with Crippen molar-refractivity contribution in [3.63, 3.8) is 0 Å². The van der Waals surface area contributed by atoms with Gasteiger partial charge in [-0.3, -0.25) is 4.79 Å². The van der Waals surface area contributed by atoms with Gasteiger partial charge in [0.2, 0.25) is 0 Å². The van der Waals surface area contributed by atoms with Crippen LogP contribution in [0.4, 0.5) is 10.5 Å². The Morgan fingerprint density at radius 2 is 1.51 bits per heavy atom. The Morgan fingerprint density at radius 3 is 2.00 bits per heavy atom. The topological polar surface area (TPSA) is 99.9 Å². The van der Waals surface area contributed by atoms with Crippen LogP contribution in [0.5, 0.6) is 0 Å². The number of hydrogen-bond donors (Lipinski definition) is 2. The molecule has 1 aromatic rings. The molecular formula is C27H48N2O5Si. The van der Waals surface area contributed by atoms with Crippen molar-refractivity contribution in [2.45, 2.75) is 111 Å². The summed E-state index contributed by atoms with van der Waals surface area (Å²) in [6, 6.07) is 5.71. The molecule has 2 atom stereocenters. The summed E-state index contributed by atoms with van der Waals surface area (Å²) < 4.78 is 18.0. The molecule has 1 rings (SSSR count). The Morgan fingerprint density at radius 1 is 0.971 bits per heavy atom. The number of amides is 1. The smallest absolute Gasteiger partial charge is 0.407 e. The first-order valence-corrected chi connectivity index (χ1v) is 15.2. The molecule has 0 aliphatic carbocycles. The van der Waals surface area contributed by atoms with Gasteiger partial charge in [-0.1, -0.05) is 26.8 Å². The number of alkyl carbamates (subject to hydrolysis) is 1. The van der Waals surface area contributed by atoms with Crippen LogP contribution in [0.25, 0.3) is 0 Å². The third-order valence-corrected chi connectivity index (χ3v) is 10.5. The van der Waals surface area contributed by atoms with E-state index >= 15 is 0 Å². The first-order valence-electron chi connectivity index (χ1n) is 12.3. The molecule has 1 aromatic carbocycles. The number of carbonyl (C=O) groups is 2. The van der Waals surface area contributed by atoms with Crippen molar-refractivity contribution in [2.75, 3.05) is 12.3 Å². The summed E-state index contributed by atoms with van der Waals surface area (Å²) in [5.74, 6) is -0.745. The quantitative estimate of drug-likeness (QED) is 0.236. The zero-order valence-electron chi connectivity index (χ0n) is 23.9. The van der Waals surface area contributed by atoms with Crippen molar-refractivity contribution in [2.24, 2.45) is 5.92 Å². The molecule has 0 spiro atoms. The maximum absolute atomic E-state index is 13.0. The van der Waals surface area contributed by atoms with Crippen molar-refractivity contribution >= 4 is 26.1 Å². The maximum atomic E-state index is 13.0. The van der Waals surface area contributed by atoms with Gasteiger partial charge in [0.05, 0.1) is 12.5 Å². The fourth-order valence-corrected chi connectivity index (χ4v) is 4.59. The number of aryl methyl sites for hydroxylation is 1. The van der Waals surface area contributed by atoms with Crippen molar-refractivity contribution in [1.29, 1.82) is 0 Å². The SMILES string of the molecule is Cc1ccc(N)cc1C(O[Si](C)(C)C(C)(C)C)C(CNC(=O)OC(C)(C)C)CC(=O)OC(C)(C)C. The summed E-state index contributed by atoms with van der Waals surface area (Å²) >= 11 is 0. The monoisotopic (exact) mass is 508 g/mol. The van der Waals surface area contributed by atoms with Crippen LogP contribution in [0.2, 0.25) is 18.1 Å². The van der Waals surface area contributed by atoms with E-state index in [9.17, 15) is 9.59 Å². The second-order valence-electron chi connectivity index (χ2n) is 12.8. The Balaban J connectivity index is 3.47. The molecule has 0 heterocycles. The minimum absolute atomic E-state index is 0.0610. The highest BCUT2D eigenvalue weighted by Crippen LogP contribution is 2.43. The minimum atomic E-state index is -2.28. The van der Waals surface area contributed by atoms with Gasteiger partial charge in [-0.2, -0.15) is 0 Å². The zero-order valence-corrected chi connectivity index (χ0v) is 24.9. The van der Waals surface area contributed by atoms with Gasteiger partial charge >= 0.3 is 12.1 Å². The Hall–Kier alpha value is -2.06. The Labute approximate surface area is 213 Å². The van der Waals surface area contributed by atoms with E-state index in [1.807, 2.05) is 66.7 Å². The molecule has 0 bridgehead atoms. The number of hydrogen-bond acceptors (Lipinski definition) is 6. The maximum Gasteiger partial charge on any atom is 0.407 e. The van der Waals surface area contributed by atoms with Crippen LogP contribution >= 0.6 is 0 Å². The minimum Gasteiger partial charge on any atom is -0.460 e. The fourth-order valence-electron chi connectivity index (χ4n) is 3.29. The highest BCUT2D eigenvalue weighted by molar-refractivity contribution is 6.74. The molecule has 0 fully saturated rings. The highest BCUT2D eigenvalue weighted by atomic mass is 28.4. The van der Waals surface area contributed by atoms with E-state index in [4.69, 9.17) is 19.6 Å². The first-order chi connectivity index (χ1) is 15.6. The predicted octanol–water partition coefficient (Wildman–Crippen LogP) is 6.51. The number of nitrogen functional groups attached to an aromatic ring is 1. The van der Waals surface area contributed by atoms with E-state index in [1.54, 1.807) is 0 Å². The van der Waals surface area contributed by atoms with Crippen LogP contribution in [0.1, 0.15) is 86.0 Å². The van der Waals surface area contributed by atoms with Crippen LogP contribution in [0, 0.1) is 12.8 Å². The van der Waals surface area contributed by atoms with Gasteiger partial charge < -0.3 is 25.0 Å². The normalized spacial score (nSPS) is 14.7. The number of esters is 1. The van der Waals surface area contributed by atoms with Crippen LogP contribution < -0.4 is 11.1 Å². The van der Waals surface area contributed by atoms with Crippen LogP contribution in [-0.2, 0) is 18.7 Å². The molecule has 8 heteroatoms. The standard InChI is InChI=1S/C27H48N2O5Si/c1-18-13-14-20(28)16-21(18)23(34-35(11,12)27(8,9)10)19(15-22(30)32-25(2,3)4)17-29-24(31)33-26(5,6)7/h13-14,16,19,23H,15,17,28H2,1-12H3,(H,29,31). The van der Waals surface area contributed by atoms with Gasteiger partial charge in [-0.05, 0) is 89.9 Å². The summed E-state index contributed by atoms with van der Waals surface area (Å²) in [5, 5.41) is 2.79. The molecular weight excluding hydrogens is 460 g/mol. The second-order valence-corrected chi connectivity index (χ2v) is 17.6. The van der Waals surface area contributed by atoms with Crippen LogP contribution in [0.15, 0.2) is 18.2 Å².